The molecule has 7 heteroatoms. The van der Waals surface area contributed by atoms with Crippen molar-refractivity contribution in [3.8, 4) is 0 Å². The van der Waals surface area contributed by atoms with E-state index in [1.807, 2.05) is 13.8 Å². The van der Waals surface area contributed by atoms with Crippen molar-refractivity contribution in [2.45, 2.75) is 32.9 Å². The van der Waals surface area contributed by atoms with Crippen LogP contribution < -0.4 is 16.8 Å². The minimum Gasteiger partial charge on any atom is -0.454 e. The summed E-state index contributed by atoms with van der Waals surface area (Å²) in [5, 5.41) is 2.65. The third-order valence-corrected chi connectivity index (χ3v) is 2.40. The van der Waals surface area contributed by atoms with Gasteiger partial charge in [0, 0.05) is 0 Å². The number of hydrogen-bond donors (Lipinski definition) is 3. The van der Waals surface area contributed by atoms with E-state index >= 15 is 0 Å². The number of hydrogen-bond acceptors (Lipinski definition) is 4. The van der Waals surface area contributed by atoms with Gasteiger partial charge in [-0.3, -0.25) is 9.59 Å². The van der Waals surface area contributed by atoms with Crippen LogP contribution in [0.3, 0.4) is 0 Å². The molecule has 0 radical (unpaired) electrons. The smallest absolute Gasteiger partial charge is 0.284 e. The summed E-state index contributed by atoms with van der Waals surface area (Å²) in [7, 11) is 0. The summed E-state index contributed by atoms with van der Waals surface area (Å²) in [5.41, 5.74) is 10.8. The Morgan fingerprint density at radius 3 is 2.47 bits per heavy atom. The zero-order valence-electron chi connectivity index (χ0n) is 11.0. The molecule has 1 atom stereocenters. The Balaban J connectivity index is 0.00000324. The molecule has 5 N–H and O–H groups in total. The van der Waals surface area contributed by atoms with Crippen LogP contribution in [0.15, 0.2) is 16.5 Å². The van der Waals surface area contributed by atoms with Crippen molar-refractivity contribution < 1.29 is 14.0 Å². The highest BCUT2D eigenvalue weighted by molar-refractivity contribution is 5.89. The molecular formula is C12H20ClN3O3. The summed E-state index contributed by atoms with van der Waals surface area (Å²) < 4.78 is 5.13. The van der Waals surface area contributed by atoms with Crippen LogP contribution in [0.2, 0.25) is 0 Å². The molecule has 0 saturated heterocycles. The van der Waals surface area contributed by atoms with Gasteiger partial charge in [0.1, 0.15) is 5.76 Å². The topological polar surface area (TPSA) is 111 Å². The van der Waals surface area contributed by atoms with Gasteiger partial charge in [0.25, 0.3) is 5.91 Å². The van der Waals surface area contributed by atoms with Gasteiger partial charge in [0.15, 0.2) is 5.76 Å². The predicted octanol–water partition coefficient (Wildman–Crippen LogP) is 0.790. The molecule has 1 aromatic rings. The van der Waals surface area contributed by atoms with Crippen LogP contribution in [-0.2, 0) is 11.3 Å². The van der Waals surface area contributed by atoms with Crippen molar-refractivity contribution in [3.05, 3.63) is 23.7 Å². The van der Waals surface area contributed by atoms with E-state index in [0.717, 1.165) is 0 Å². The second kappa shape index (κ2) is 7.81. The largest absolute Gasteiger partial charge is 0.454 e. The molecular weight excluding hydrogens is 270 g/mol. The fourth-order valence-corrected chi connectivity index (χ4v) is 1.53. The van der Waals surface area contributed by atoms with Crippen molar-refractivity contribution in [1.29, 1.82) is 0 Å². The number of rotatable bonds is 6. The van der Waals surface area contributed by atoms with E-state index in [1.54, 1.807) is 6.07 Å². The minimum absolute atomic E-state index is 0. The maximum atomic E-state index is 11.6. The van der Waals surface area contributed by atoms with Gasteiger partial charge in [-0.2, -0.15) is 0 Å². The molecule has 1 rings (SSSR count). The third-order valence-electron chi connectivity index (χ3n) is 2.40. The Morgan fingerprint density at radius 2 is 2.00 bits per heavy atom. The van der Waals surface area contributed by atoms with Gasteiger partial charge in [-0.15, -0.1) is 12.4 Å². The van der Waals surface area contributed by atoms with Crippen LogP contribution in [0.4, 0.5) is 0 Å². The lowest BCUT2D eigenvalue weighted by Gasteiger charge is -2.13. The maximum Gasteiger partial charge on any atom is 0.284 e. The number of halogens is 1. The van der Waals surface area contributed by atoms with Crippen molar-refractivity contribution >= 4 is 24.2 Å². The van der Waals surface area contributed by atoms with Crippen molar-refractivity contribution in [3.63, 3.8) is 0 Å². The zero-order chi connectivity index (χ0) is 13.7. The number of furan rings is 1. The molecule has 0 unspecified atom stereocenters. The van der Waals surface area contributed by atoms with E-state index < -0.39 is 11.9 Å². The van der Waals surface area contributed by atoms with Gasteiger partial charge in [0.2, 0.25) is 5.91 Å². The van der Waals surface area contributed by atoms with Gasteiger partial charge >= 0.3 is 0 Å². The third kappa shape index (κ3) is 5.76. The van der Waals surface area contributed by atoms with Gasteiger partial charge in [-0.1, -0.05) is 13.8 Å². The lowest BCUT2D eigenvalue weighted by molar-refractivity contribution is -0.122. The van der Waals surface area contributed by atoms with Crippen molar-refractivity contribution in [1.82, 2.24) is 5.32 Å². The standard InChI is InChI=1S/C12H19N3O3.ClH/c1-7(2)5-9(13)12(17)15-6-8-3-4-10(18-8)11(14)16;/h3-4,7,9H,5-6,13H2,1-2H3,(H2,14,16)(H,15,17);1H/t9-;/m0./s1. The Morgan fingerprint density at radius 1 is 1.37 bits per heavy atom. The minimum atomic E-state index is -0.635. The molecule has 0 aliphatic heterocycles. The predicted molar refractivity (Wildman–Crippen MR) is 73.8 cm³/mol. The molecule has 2 amide bonds. The SMILES string of the molecule is CC(C)C[C@H](N)C(=O)NCc1ccc(C(N)=O)o1.Cl. The molecule has 1 aromatic heterocycles. The second-order valence-corrected chi connectivity index (χ2v) is 4.58. The number of carbonyl (C=O) groups is 2. The zero-order valence-corrected chi connectivity index (χ0v) is 11.8. The van der Waals surface area contributed by atoms with E-state index in [9.17, 15) is 9.59 Å². The van der Waals surface area contributed by atoms with Gasteiger partial charge in [-0.05, 0) is 24.5 Å². The Kier molecular flexibility index (Phi) is 7.18. The highest BCUT2D eigenvalue weighted by atomic mass is 35.5. The van der Waals surface area contributed by atoms with Crippen LogP contribution >= 0.6 is 12.4 Å². The van der Waals surface area contributed by atoms with Crippen LogP contribution in [-0.4, -0.2) is 17.9 Å². The molecule has 0 spiro atoms. The van der Waals surface area contributed by atoms with E-state index in [0.29, 0.717) is 18.1 Å². The van der Waals surface area contributed by atoms with Crippen molar-refractivity contribution in [2.75, 3.05) is 0 Å². The molecule has 108 valence electrons. The average Bonchev–Trinajstić information content (AvgIpc) is 2.73. The monoisotopic (exact) mass is 289 g/mol. The second-order valence-electron chi connectivity index (χ2n) is 4.58. The highest BCUT2D eigenvalue weighted by Crippen LogP contribution is 2.07. The Hall–Kier alpha value is -1.53. The molecule has 0 saturated carbocycles. The summed E-state index contributed by atoms with van der Waals surface area (Å²) >= 11 is 0. The summed E-state index contributed by atoms with van der Waals surface area (Å²) in [6.07, 6.45) is 0.622. The molecule has 0 fully saturated rings. The first-order valence-electron chi connectivity index (χ1n) is 5.82. The average molecular weight is 290 g/mol. The number of nitrogens with one attached hydrogen (secondary N) is 1. The Bertz CT molecular complexity index is 432. The Labute approximate surface area is 118 Å². The molecule has 0 bridgehead atoms. The van der Waals surface area contributed by atoms with Gasteiger partial charge in [0.05, 0.1) is 12.6 Å². The molecule has 1 heterocycles. The summed E-state index contributed by atoms with van der Waals surface area (Å²) in [4.78, 5) is 22.4. The number of amides is 2. The highest BCUT2D eigenvalue weighted by Gasteiger charge is 2.15. The molecule has 6 nitrogen and oxygen atoms in total. The first-order valence-corrected chi connectivity index (χ1v) is 5.82. The van der Waals surface area contributed by atoms with Crippen LogP contribution in [0.1, 0.15) is 36.6 Å². The quantitative estimate of drug-likeness (QED) is 0.719. The lowest BCUT2D eigenvalue weighted by atomic mass is 10.0. The number of nitrogens with two attached hydrogens (primary N) is 2. The maximum absolute atomic E-state index is 11.6. The lowest BCUT2D eigenvalue weighted by Crippen LogP contribution is -2.40. The van der Waals surface area contributed by atoms with Crippen LogP contribution in [0, 0.1) is 5.92 Å². The summed E-state index contributed by atoms with van der Waals surface area (Å²) in [5.74, 6) is 0.0280. The molecule has 0 aliphatic carbocycles. The van der Waals surface area contributed by atoms with E-state index in [2.05, 4.69) is 5.32 Å². The summed E-state index contributed by atoms with van der Waals surface area (Å²) in [6, 6.07) is 2.53. The van der Waals surface area contributed by atoms with Crippen molar-refractivity contribution in [2.24, 2.45) is 17.4 Å². The van der Waals surface area contributed by atoms with E-state index in [4.69, 9.17) is 15.9 Å². The van der Waals surface area contributed by atoms with Crippen LogP contribution in [0.5, 0.6) is 0 Å². The first kappa shape index (κ1) is 17.5. The first-order chi connectivity index (χ1) is 8.40. The van der Waals surface area contributed by atoms with E-state index in [1.165, 1.54) is 6.07 Å². The summed E-state index contributed by atoms with van der Waals surface area (Å²) in [6.45, 7) is 4.19. The van der Waals surface area contributed by atoms with Crippen LogP contribution in [0.25, 0.3) is 0 Å². The van der Waals surface area contributed by atoms with Gasteiger partial charge in [-0.25, -0.2) is 0 Å². The van der Waals surface area contributed by atoms with E-state index in [-0.39, 0.29) is 30.6 Å². The fraction of sp³-hybridized carbons (Fsp3) is 0.500. The number of primary amides is 1. The number of carbonyl (C=O) groups excluding carboxylic acids is 2. The molecule has 0 aliphatic rings. The molecule has 0 aromatic carbocycles. The fourth-order valence-electron chi connectivity index (χ4n) is 1.53. The van der Waals surface area contributed by atoms with Gasteiger partial charge < -0.3 is 21.2 Å². The normalized spacial score (nSPS) is 11.8. The molecule has 19 heavy (non-hydrogen) atoms.